The molecule has 0 bridgehead atoms. The molecule has 86 valence electrons. The van der Waals surface area contributed by atoms with Crippen molar-refractivity contribution in [2.75, 3.05) is 0 Å². The molecule has 4 heteroatoms. The summed E-state index contributed by atoms with van der Waals surface area (Å²) in [4.78, 5) is 13.8. The molecule has 0 amide bonds. The molecule has 0 aliphatic rings. The van der Waals surface area contributed by atoms with E-state index in [0.717, 1.165) is 10.0 Å². The van der Waals surface area contributed by atoms with Crippen molar-refractivity contribution in [1.29, 1.82) is 0 Å². The molecule has 0 radical (unpaired) electrons. The van der Waals surface area contributed by atoms with Gasteiger partial charge in [-0.05, 0) is 0 Å². The van der Waals surface area contributed by atoms with E-state index in [1.807, 2.05) is 17.1 Å². The fraction of sp³-hybridized carbons (Fsp3) is 0. The van der Waals surface area contributed by atoms with Crippen molar-refractivity contribution in [3.8, 4) is 0 Å². The Kier molecular flexibility index (Phi) is 4.25. The fourth-order valence-corrected chi connectivity index (χ4v) is 3.13. The van der Waals surface area contributed by atoms with Crippen LogP contribution in [0.2, 0.25) is 10.0 Å². The van der Waals surface area contributed by atoms with Gasteiger partial charge in [-0.25, -0.2) is 0 Å². The molecule has 0 fully saturated rings. The van der Waals surface area contributed by atoms with Crippen molar-refractivity contribution >= 4 is 49.6 Å². The maximum atomic E-state index is 11.7. The van der Waals surface area contributed by atoms with Crippen LogP contribution in [0.5, 0.6) is 0 Å². The maximum absolute atomic E-state index is 11.7. The summed E-state index contributed by atoms with van der Waals surface area (Å²) in [5.74, 6) is 0.0426. The molecule has 1 aromatic heterocycles. The third-order valence-electron chi connectivity index (χ3n) is 2.14. The number of benzene rings is 1. The van der Waals surface area contributed by atoms with Crippen LogP contribution in [0.15, 0.2) is 41.3 Å². The molecular formula is C13H8Cl2OSe. The Bertz CT molecular complexity index is 559. The molecule has 0 aliphatic heterocycles. The van der Waals surface area contributed by atoms with Crippen LogP contribution >= 0.6 is 23.2 Å². The monoisotopic (exact) mass is 330 g/mol. The number of rotatable bonds is 3. The molecule has 1 nitrogen and oxygen atoms in total. The van der Waals surface area contributed by atoms with Crippen LogP contribution in [0.1, 0.15) is 14.8 Å². The zero-order chi connectivity index (χ0) is 12.3. The van der Waals surface area contributed by atoms with Gasteiger partial charge in [0, 0.05) is 0 Å². The predicted molar refractivity (Wildman–Crippen MR) is 73.2 cm³/mol. The van der Waals surface area contributed by atoms with Crippen LogP contribution < -0.4 is 0 Å². The number of hydrogen-bond donors (Lipinski definition) is 0. The third kappa shape index (κ3) is 3.33. The molecule has 0 unspecified atom stereocenters. The molecule has 0 saturated carbocycles. The molecule has 17 heavy (non-hydrogen) atoms. The Labute approximate surface area is 115 Å². The minimum absolute atomic E-state index is 0.0426. The summed E-state index contributed by atoms with van der Waals surface area (Å²) in [5.41, 5.74) is 0.795. The van der Waals surface area contributed by atoms with Gasteiger partial charge in [0.25, 0.3) is 0 Å². The Hall–Kier alpha value is -0.791. The van der Waals surface area contributed by atoms with Gasteiger partial charge in [-0.1, -0.05) is 0 Å². The predicted octanol–water partition coefficient (Wildman–Crippen LogP) is 3.95. The van der Waals surface area contributed by atoms with E-state index in [2.05, 4.69) is 0 Å². The second kappa shape index (κ2) is 5.70. The van der Waals surface area contributed by atoms with Crippen LogP contribution in [0, 0.1) is 0 Å². The Morgan fingerprint density at radius 3 is 2.71 bits per heavy atom. The molecule has 0 aliphatic carbocycles. The first kappa shape index (κ1) is 12.7. The van der Waals surface area contributed by atoms with Gasteiger partial charge in [0.2, 0.25) is 0 Å². The first-order valence-corrected chi connectivity index (χ1v) is 7.48. The number of halogens is 2. The van der Waals surface area contributed by atoms with Gasteiger partial charge < -0.3 is 0 Å². The average Bonchev–Trinajstić information content (AvgIpc) is 2.81. The number of allylic oxidation sites excluding steroid dienone is 1. The quantitative estimate of drug-likeness (QED) is 0.473. The molecule has 0 saturated heterocycles. The van der Waals surface area contributed by atoms with E-state index >= 15 is 0 Å². The molecule has 2 aromatic rings. The molecule has 0 atom stereocenters. The van der Waals surface area contributed by atoms with Gasteiger partial charge in [-0.2, -0.15) is 0 Å². The summed E-state index contributed by atoms with van der Waals surface area (Å²) in [5, 5.41) is 1.13. The summed E-state index contributed by atoms with van der Waals surface area (Å²) in [6.45, 7) is 0. The van der Waals surface area contributed by atoms with Crippen LogP contribution in [0.4, 0.5) is 0 Å². The van der Waals surface area contributed by atoms with Crippen molar-refractivity contribution in [3.63, 3.8) is 0 Å². The first-order chi connectivity index (χ1) is 8.16. The zero-order valence-electron chi connectivity index (χ0n) is 8.69. The van der Waals surface area contributed by atoms with Crippen molar-refractivity contribution in [1.82, 2.24) is 0 Å². The van der Waals surface area contributed by atoms with E-state index in [9.17, 15) is 4.79 Å². The fourth-order valence-electron chi connectivity index (χ4n) is 1.30. The van der Waals surface area contributed by atoms with E-state index in [1.54, 1.807) is 30.4 Å². The van der Waals surface area contributed by atoms with Gasteiger partial charge in [0.05, 0.1) is 0 Å². The van der Waals surface area contributed by atoms with Crippen LogP contribution in [-0.4, -0.2) is 20.3 Å². The molecule has 1 aromatic carbocycles. The normalized spacial score (nSPS) is 10.9. The number of carbonyl (C=O) groups excluding carboxylic acids is 1. The summed E-state index contributed by atoms with van der Waals surface area (Å²) in [7, 11) is 0. The van der Waals surface area contributed by atoms with Crippen molar-refractivity contribution < 1.29 is 4.79 Å². The Balaban J connectivity index is 2.18. The van der Waals surface area contributed by atoms with E-state index in [0.29, 0.717) is 10.0 Å². The third-order valence-corrected chi connectivity index (χ3v) is 4.56. The van der Waals surface area contributed by atoms with Gasteiger partial charge in [0.15, 0.2) is 0 Å². The topological polar surface area (TPSA) is 17.1 Å². The number of ketones is 1. The average molecular weight is 330 g/mol. The van der Waals surface area contributed by atoms with Crippen LogP contribution in [0.3, 0.4) is 0 Å². The van der Waals surface area contributed by atoms with Crippen molar-refractivity contribution in [2.24, 2.45) is 0 Å². The summed E-state index contributed by atoms with van der Waals surface area (Å²) < 4.78 is 0.860. The standard InChI is InChI=1S/C13H8Cl2OSe/c14-10-5-3-9(11(15)8-10)4-6-12(16)13-2-1-7-17-13/h1-8H. The summed E-state index contributed by atoms with van der Waals surface area (Å²) in [6.07, 6.45) is 3.27. The second-order valence-corrected chi connectivity index (χ2v) is 6.17. The van der Waals surface area contributed by atoms with E-state index < -0.39 is 0 Å². The van der Waals surface area contributed by atoms with E-state index in [1.165, 1.54) is 0 Å². The van der Waals surface area contributed by atoms with E-state index in [-0.39, 0.29) is 20.3 Å². The summed E-state index contributed by atoms with van der Waals surface area (Å²) >= 11 is 12.0. The van der Waals surface area contributed by atoms with Crippen molar-refractivity contribution in [2.45, 2.75) is 0 Å². The SMILES string of the molecule is O=C(C=Cc1ccc(Cl)cc1Cl)c1ccc[se]1. The van der Waals surface area contributed by atoms with Gasteiger partial charge in [-0.3, -0.25) is 0 Å². The first-order valence-electron chi connectivity index (χ1n) is 4.88. The zero-order valence-corrected chi connectivity index (χ0v) is 11.9. The molecule has 2 rings (SSSR count). The van der Waals surface area contributed by atoms with Gasteiger partial charge in [-0.15, -0.1) is 0 Å². The molecular weight excluding hydrogens is 322 g/mol. The molecule has 0 N–H and O–H groups in total. The Morgan fingerprint density at radius 2 is 2.06 bits per heavy atom. The van der Waals surface area contributed by atoms with Crippen molar-refractivity contribution in [3.05, 3.63) is 61.4 Å². The second-order valence-electron chi connectivity index (χ2n) is 3.34. The minimum atomic E-state index is 0.0426. The van der Waals surface area contributed by atoms with Crippen LogP contribution in [-0.2, 0) is 0 Å². The van der Waals surface area contributed by atoms with Gasteiger partial charge >= 0.3 is 116 Å². The molecule has 0 spiro atoms. The number of carbonyl (C=O) groups is 1. The van der Waals surface area contributed by atoms with E-state index in [4.69, 9.17) is 23.2 Å². The number of hydrogen-bond acceptors (Lipinski definition) is 1. The van der Waals surface area contributed by atoms with Crippen LogP contribution in [0.25, 0.3) is 6.08 Å². The summed E-state index contributed by atoms with van der Waals surface area (Å²) in [6, 6.07) is 8.97. The Morgan fingerprint density at radius 1 is 1.24 bits per heavy atom. The van der Waals surface area contributed by atoms with Gasteiger partial charge in [0.1, 0.15) is 0 Å². The molecule has 1 heterocycles.